The van der Waals surface area contributed by atoms with Crippen LogP contribution in [0.25, 0.3) is 5.69 Å². The van der Waals surface area contributed by atoms with Crippen molar-refractivity contribution in [1.29, 1.82) is 0 Å². The molecule has 0 radical (unpaired) electrons. The van der Waals surface area contributed by atoms with Gasteiger partial charge in [0.05, 0.1) is 5.69 Å². The molecule has 5 nitrogen and oxygen atoms in total. The third kappa shape index (κ3) is 3.49. The molecule has 0 spiro atoms. The molecule has 1 aromatic heterocycles. The lowest BCUT2D eigenvalue weighted by molar-refractivity contribution is -0.128. The highest BCUT2D eigenvalue weighted by Gasteiger charge is 2.20. The summed E-state index contributed by atoms with van der Waals surface area (Å²) in [6.07, 6.45) is 5.29. The van der Waals surface area contributed by atoms with Gasteiger partial charge in [-0.05, 0) is 36.6 Å². The van der Waals surface area contributed by atoms with Crippen LogP contribution in [0.3, 0.4) is 0 Å². The Morgan fingerprint density at radius 2 is 2.19 bits per heavy atom. The van der Waals surface area contributed by atoms with E-state index in [-0.39, 0.29) is 11.8 Å². The monoisotopic (exact) mass is 285 g/mol. The van der Waals surface area contributed by atoms with Crippen LogP contribution in [-0.4, -0.2) is 28.9 Å². The number of amides is 1. The van der Waals surface area contributed by atoms with Crippen LogP contribution < -0.4 is 5.32 Å². The second-order valence-corrected chi connectivity index (χ2v) is 5.22. The normalized spacial score (nSPS) is 15.8. The third-order valence-corrected chi connectivity index (χ3v) is 3.74. The van der Waals surface area contributed by atoms with Crippen LogP contribution in [0.1, 0.15) is 18.4 Å². The molecule has 1 saturated heterocycles. The summed E-state index contributed by atoms with van der Waals surface area (Å²) in [6, 6.07) is 9.91. The smallest absolute Gasteiger partial charge is 0.223 e. The van der Waals surface area contributed by atoms with Crippen molar-refractivity contribution in [2.24, 2.45) is 5.92 Å². The van der Waals surface area contributed by atoms with Crippen LogP contribution >= 0.6 is 0 Å². The van der Waals surface area contributed by atoms with Gasteiger partial charge in [0.2, 0.25) is 5.91 Å². The molecule has 3 rings (SSSR count). The Morgan fingerprint density at radius 3 is 2.95 bits per heavy atom. The number of benzene rings is 1. The van der Waals surface area contributed by atoms with Crippen LogP contribution in [0.2, 0.25) is 0 Å². The SMILES string of the molecule is O=C(NCc1cccc(-n2cccn2)c1)C1CCOCC1. The Hall–Kier alpha value is -2.14. The van der Waals surface area contributed by atoms with E-state index >= 15 is 0 Å². The topological polar surface area (TPSA) is 56.2 Å². The van der Waals surface area contributed by atoms with Crippen molar-refractivity contribution in [2.45, 2.75) is 19.4 Å². The summed E-state index contributed by atoms with van der Waals surface area (Å²) in [4.78, 5) is 12.1. The lowest BCUT2D eigenvalue weighted by atomic mass is 9.99. The van der Waals surface area contributed by atoms with Gasteiger partial charge in [0.25, 0.3) is 0 Å². The van der Waals surface area contributed by atoms with Crippen LogP contribution in [0.4, 0.5) is 0 Å². The fraction of sp³-hybridized carbons (Fsp3) is 0.375. The molecule has 1 aliphatic heterocycles. The summed E-state index contributed by atoms with van der Waals surface area (Å²) < 4.78 is 7.09. The number of hydrogen-bond donors (Lipinski definition) is 1. The first-order valence-electron chi connectivity index (χ1n) is 7.27. The number of nitrogens with one attached hydrogen (secondary N) is 1. The van der Waals surface area contributed by atoms with E-state index < -0.39 is 0 Å². The van der Waals surface area contributed by atoms with Gasteiger partial charge in [-0.15, -0.1) is 0 Å². The lowest BCUT2D eigenvalue weighted by Crippen LogP contribution is -2.33. The van der Waals surface area contributed by atoms with Gasteiger partial charge in [-0.3, -0.25) is 4.79 Å². The largest absolute Gasteiger partial charge is 0.381 e. The molecule has 0 unspecified atom stereocenters. The van der Waals surface area contributed by atoms with Crippen molar-refractivity contribution in [3.05, 3.63) is 48.3 Å². The maximum absolute atomic E-state index is 12.1. The quantitative estimate of drug-likeness (QED) is 0.933. The zero-order chi connectivity index (χ0) is 14.5. The Kier molecular flexibility index (Phi) is 4.31. The Bertz CT molecular complexity index is 589. The molecule has 2 aromatic rings. The predicted octanol–water partition coefficient (Wildman–Crippen LogP) is 1.92. The van der Waals surface area contributed by atoms with Crippen molar-refractivity contribution in [3.63, 3.8) is 0 Å². The van der Waals surface area contributed by atoms with Gasteiger partial charge in [-0.1, -0.05) is 12.1 Å². The maximum Gasteiger partial charge on any atom is 0.223 e. The van der Waals surface area contributed by atoms with Crippen LogP contribution in [0.5, 0.6) is 0 Å². The second kappa shape index (κ2) is 6.54. The maximum atomic E-state index is 12.1. The number of nitrogens with zero attached hydrogens (tertiary/aromatic N) is 2. The fourth-order valence-corrected chi connectivity index (χ4v) is 2.52. The average molecular weight is 285 g/mol. The van der Waals surface area contributed by atoms with Crippen molar-refractivity contribution < 1.29 is 9.53 Å². The van der Waals surface area contributed by atoms with Gasteiger partial charge in [-0.25, -0.2) is 4.68 Å². The van der Waals surface area contributed by atoms with Gasteiger partial charge in [0.15, 0.2) is 0 Å². The summed E-state index contributed by atoms with van der Waals surface area (Å²) >= 11 is 0. The molecule has 1 aliphatic rings. The van der Waals surface area contributed by atoms with E-state index in [1.165, 1.54) is 0 Å². The molecule has 1 N–H and O–H groups in total. The average Bonchev–Trinajstić information content (AvgIpc) is 3.08. The molecular formula is C16H19N3O2. The summed E-state index contributed by atoms with van der Waals surface area (Å²) in [5.41, 5.74) is 2.07. The highest BCUT2D eigenvalue weighted by atomic mass is 16.5. The molecule has 0 aliphatic carbocycles. The van der Waals surface area contributed by atoms with E-state index in [0.29, 0.717) is 19.8 Å². The number of carbonyl (C=O) groups excluding carboxylic acids is 1. The molecule has 2 heterocycles. The van der Waals surface area contributed by atoms with Crippen molar-refractivity contribution >= 4 is 5.91 Å². The first-order valence-corrected chi connectivity index (χ1v) is 7.27. The van der Waals surface area contributed by atoms with Crippen molar-refractivity contribution in [1.82, 2.24) is 15.1 Å². The molecule has 1 aromatic carbocycles. The minimum atomic E-state index is 0.0908. The minimum absolute atomic E-state index is 0.0908. The molecule has 0 bridgehead atoms. The van der Waals surface area contributed by atoms with E-state index in [1.54, 1.807) is 6.20 Å². The molecule has 21 heavy (non-hydrogen) atoms. The zero-order valence-corrected chi connectivity index (χ0v) is 11.9. The van der Waals surface area contributed by atoms with Crippen molar-refractivity contribution in [3.8, 4) is 5.69 Å². The molecule has 5 heteroatoms. The zero-order valence-electron chi connectivity index (χ0n) is 11.9. The molecular weight excluding hydrogens is 266 g/mol. The molecule has 1 amide bonds. The fourth-order valence-electron chi connectivity index (χ4n) is 2.52. The van der Waals surface area contributed by atoms with E-state index in [9.17, 15) is 4.79 Å². The predicted molar refractivity (Wildman–Crippen MR) is 79.0 cm³/mol. The van der Waals surface area contributed by atoms with Crippen LogP contribution in [0, 0.1) is 5.92 Å². The standard InChI is InChI=1S/C16H19N3O2/c20-16(14-5-9-21-10-6-14)17-12-13-3-1-4-15(11-13)19-8-2-7-18-19/h1-4,7-8,11,14H,5-6,9-10,12H2,(H,17,20). The number of carbonyl (C=O) groups is 1. The second-order valence-electron chi connectivity index (χ2n) is 5.22. The van der Waals surface area contributed by atoms with Crippen molar-refractivity contribution in [2.75, 3.05) is 13.2 Å². The van der Waals surface area contributed by atoms with E-state index in [1.807, 2.05) is 41.2 Å². The lowest BCUT2D eigenvalue weighted by Gasteiger charge is -2.21. The summed E-state index contributed by atoms with van der Waals surface area (Å²) in [5.74, 6) is 0.218. The third-order valence-electron chi connectivity index (χ3n) is 3.74. The summed E-state index contributed by atoms with van der Waals surface area (Å²) in [7, 11) is 0. The molecule has 110 valence electrons. The molecule has 0 atom stereocenters. The summed E-state index contributed by atoms with van der Waals surface area (Å²) in [6.45, 7) is 1.92. The van der Waals surface area contributed by atoms with Crippen LogP contribution in [-0.2, 0) is 16.1 Å². The highest BCUT2D eigenvalue weighted by Crippen LogP contribution is 2.15. The number of ether oxygens (including phenoxy) is 1. The Balaban J connectivity index is 1.60. The van der Waals surface area contributed by atoms with Crippen LogP contribution in [0.15, 0.2) is 42.7 Å². The first kappa shape index (κ1) is 13.8. The van der Waals surface area contributed by atoms with Gasteiger partial charge >= 0.3 is 0 Å². The number of aromatic nitrogens is 2. The van der Waals surface area contributed by atoms with Gasteiger partial charge in [0, 0.05) is 38.1 Å². The highest BCUT2D eigenvalue weighted by molar-refractivity contribution is 5.78. The van der Waals surface area contributed by atoms with Gasteiger partial charge < -0.3 is 10.1 Å². The number of rotatable bonds is 4. The Morgan fingerprint density at radius 1 is 1.33 bits per heavy atom. The van der Waals surface area contributed by atoms with E-state index in [2.05, 4.69) is 10.4 Å². The molecule has 0 saturated carbocycles. The summed E-state index contributed by atoms with van der Waals surface area (Å²) in [5, 5.41) is 7.23. The minimum Gasteiger partial charge on any atom is -0.381 e. The molecule has 1 fully saturated rings. The van der Waals surface area contributed by atoms with E-state index in [4.69, 9.17) is 4.74 Å². The van der Waals surface area contributed by atoms with Gasteiger partial charge in [0.1, 0.15) is 0 Å². The Labute approximate surface area is 123 Å². The first-order chi connectivity index (χ1) is 10.3. The van der Waals surface area contributed by atoms with E-state index in [0.717, 1.165) is 24.1 Å². The number of hydrogen-bond acceptors (Lipinski definition) is 3. The van der Waals surface area contributed by atoms with Gasteiger partial charge in [-0.2, -0.15) is 5.10 Å².